The molecule has 0 saturated heterocycles. The van der Waals surface area contributed by atoms with E-state index in [0.717, 1.165) is 89.9 Å². The van der Waals surface area contributed by atoms with Crippen LogP contribution < -0.4 is 0 Å². The van der Waals surface area contributed by atoms with E-state index in [1.807, 2.05) is 0 Å². The number of esters is 4. The van der Waals surface area contributed by atoms with Gasteiger partial charge in [0.15, 0.2) is 6.10 Å². The van der Waals surface area contributed by atoms with Crippen LogP contribution in [-0.2, 0) is 38.1 Å². The van der Waals surface area contributed by atoms with Gasteiger partial charge in [-0.05, 0) is 63.2 Å². The first-order chi connectivity index (χ1) is 25.8. The number of unbranched alkanes of at least 4 members (excludes halogenated alkanes) is 16. The molecule has 0 bridgehead atoms. The molecule has 0 radical (unpaired) electrons. The van der Waals surface area contributed by atoms with Gasteiger partial charge in [-0.2, -0.15) is 0 Å². The summed E-state index contributed by atoms with van der Waals surface area (Å²) in [5.74, 6) is -0.713. The van der Waals surface area contributed by atoms with Gasteiger partial charge in [0.2, 0.25) is 0 Å². The van der Waals surface area contributed by atoms with Gasteiger partial charge in [0.05, 0.1) is 32.8 Å². The lowest BCUT2D eigenvalue weighted by molar-refractivity contribution is -0.160. The molecule has 0 aromatic carbocycles. The molecule has 0 spiro atoms. The maximum Gasteiger partial charge on any atom is 0.335 e. The number of ether oxygens (including phenoxy) is 4. The largest absolute Gasteiger partial charge is 0.466 e. The molecule has 0 aliphatic carbocycles. The highest BCUT2D eigenvalue weighted by Crippen LogP contribution is 2.19. The fourth-order valence-electron chi connectivity index (χ4n) is 6.64. The topological polar surface area (TPSA) is 125 Å². The van der Waals surface area contributed by atoms with E-state index in [1.165, 1.54) is 64.2 Å². The summed E-state index contributed by atoms with van der Waals surface area (Å²) in [6, 6.07) is 0. The second-order valence-corrected chi connectivity index (χ2v) is 15.2. The van der Waals surface area contributed by atoms with Gasteiger partial charge in [0.1, 0.15) is 0 Å². The monoisotopic (exact) mass is 755 g/mol. The van der Waals surface area contributed by atoms with Gasteiger partial charge in [0, 0.05) is 12.8 Å². The SMILES string of the molecule is CCCCCCCC(CCC)COC(=O)CCCCCCCOC(=O)CC(O)C(=O)OCCCCCCCC(=O)OCC(CCC)CCCCCCC. The Morgan fingerprint density at radius 1 is 0.415 bits per heavy atom. The van der Waals surface area contributed by atoms with Gasteiger partial charge < -0.3 is 24.1 Å². The lowest BCUT2D eigenvalue weighted by Gasteiger charge is -2.16. The van der Waals surface area contributed by atoms with E-state index < -0.39 is 24.5 Å². The minimum absolute atomic E-state index is 0.108. The normalized spacial score (nSPS) is 12.9. The molecule has 0 heterocycles. The Morgan fingerprint density at radius 3 is 1.26 bits per heavy atom. The standard InChI is InChI=1S/C44H82O9/c1-5-9-11-15-21-29-38(27-7-3)36-52-41(46)31-23-17-13-19-25-33-50-43(48)35-40(45)44(49)51-34-26-20-14-18-24-32-42(47)53-37-39(28-8-4)30-22-16-12-10-6-2/h38-40,45H,5-37H2,1-4H3. The van der Waals surface area contributed by atoms with Crippen LogP contribution in [0.4, 0.5) is 0 Å². The van der Waals surface area contributed by atoms with Gasteiger partial charge in [-0.15, -0.1) is 0 Å². The Balaban J connectivity index is 3.78. The number of carbonyl (C=O) groups excluding carboxylic acids is 4. The first kappa shape index (κ1) is 50.8. The van der Waals surface area contributed by atoms with Crippen molar-refractivity contribution in [3.63, 3.8) is 0 Å². The van der Waals surface area contributed by atoms with Crippen LogP contribution >= 0.6 is 0 Å². The lowest BCUT2D eigenvalue weighted by atomic mass is 9.97. The van der Waals surface area contributed by atoms with E-state index >= 15 is 0 Å². The summed E-state index contributed by atoms with van der Waals surface area (Å²) in [6.07, 6.45) is 26.6. The van der Waals surface area contributed by atoms with Crippen molar-refractivity contribution in [1.29, 1.82) is 0 Å². The lowest BCUT2D eigenvalue weighted by Crippen LogP contribution is -2.27. The quantitative estimate of drug-likeness (QED) is 0.0371. The molecule has 0 aliphatic rings. The Hall–Kier alpha value is -2.16. The van der Waals surface area contributed by atoms with Crippen LogP contribution in [0.3, 0.4) is 0 Å². The summed E-state index contributed by atoms with van der Waals surface area (Å²) in [5, 5.41) is 10.0. The van der Waals surface area contributed by atoms with E-state index in [9.17, 15) is 24.3 Å². The number of aliphatic hydroxyl groups is 1. The van der Waals surface area contributed by atoms with Crippen molar-refractivity contribution in [2.45, 2.75) is 220 Å². The van der Waals surface area contributed by atoms with Crippen molar-refractivity contribution in [1.82, 2.24) is 0 Å². The molecule has 0 aromatic rings. The number of aliphatic hydroxyl groups excluding tert-OH is 1. The van der Waals surface area contributed by atoms with Gasteiger partial charge in [-0.3, -0.25) is 14.4 Å². The Bertz CT molecular complexity index is 877. The third-order valence-corrected chi connectivity index (χ3v) is 9.98. The van der Waals surface area contributed by atoms with Gasteiger partial charge in [-0.1, -0.05) is 143 Å². The highest BCUT2D eigenvalue weighted by molar-refractivity contribution is 5.81. The Labute approximate surface area is 324 Å². The maximum absolute atomic E-state index is 12.2. The molecule has 9 nitrogen and oxygen atoms in total. The number of hydrogen-bond donors (Lipinski definition) is 1. The first-order valence-electron chi connectivity index (χ1n) is 22.1. The first-order valence-corrected chi connectivity index (χ1v) is 22.1. The van der Waals surface area contributed by atoms with E-state index in [1.54, 1.807) is 0 Å². The molecule has 0 fully saturated rings. The summed E-state index contributed by atoms with van der Waals surface area (Å²) in [4.78, 5) is 48.5. The molecule has 0 aliphatic heterocycles. The molecule has 3 atom stereocenters. The minimum atomic E-state index is -1.53. The van der Waals surface area contributed by atoms with E-state index in [-0.39, 0.29) is 25.2 Å². The highest BCUT2D eigenvalue weighted by atomic mass is 16.6. The van der Waals surface area contributed by atoms with Crippen LogP contribution in [0.5, 0.6) is 0 Å². The van der Waals surface area contributed by atoms with Crippen LogP contribution in [0.2, 0.25) is 0 Å². The van der Waals surface area contributed by atoms with Gasteiger partial charge >= 0.3 is 23.9 Å². The summed E-state index contributed by atoms with van der Waals surface area (Å²) >= 11 is 0. The second-order valence-electron chi connectivity index (χ2n) is 15.2. The van der Waals surface area contributed by atoms with Crippen molar-refractivity contribution in [3.8, 4) is 0 Å². The van der Waals surface area contributed by atoms with Crippen LogP contribution in [-0.4, -0.2) is 61.5 Å². The zero-order valence-electron chi connectivity index (χ0n) is 34.8. The third-order valence-electron chi connectivity index (χ3n) is 9.98. The highest BCUT2D eigenvalue weighted by Gasteiger charge is 2.21. The average Bonchev–Trinajstić information content (AvgIpc) is 3.14. The molecule has 1 N–H and O–H groups in total. The summed E-state index contributed by atoms with van der Waals surface area (Å²) < 4.78 is 21.5. The van der Waals surface area contributed by atoms with Crippen LogP contribution in [0.25, 0.3) is 0 Å². The fourth-order valence-corrected chi connectivity index (χ4v) is 6.64. The summed E-state index contributed by atoms with van der Waals surface area (Å²) in [6.45, 7) is 10.3. The van der Waals surface area contributed by atoms with Crippen molar-refractivity contribution in [2.24, 2.45) is 11.8 Å². The van der Waals surface area contributed by atoms with Crippen molar-refractivity contribution >= 4 is 23.9 Å². The molecule has 0 saturated carbocycles. The molecule has 0 rings (SSSR count). The molecular formula is C44H82O9. The molecule has 312 valence electrons. The van der Waals surface area contributed by atoms with Crippen LogP contribution in [0, 0.1) is 11.8 Å². The van der Waals surface area contributed by atoms with Crippen LogP contribution in [0.15, 0.2) is 0 Å². The van der Waals surface area contributed by atoms with Gasteiger partial charge in [0.25, 0.3) is 0 Å². The predicted molar refractivity (Wildman–Crippen MR) is 213 cm³/mol. The zero-order chi connectivity index (χ0) is 39.2. The number of rotatable bonds is 39. The Kier molecular flexibility index (Phi) is 36.6. The summed E-state index contributed by atoms with van der Waals surface area (Å²) in [7, 11) is 0. The van der Waals surface area contributed by atoms with Crippen molar-refractivity contribution < 1.29 is 43.2 Å². The molecule has 9 heteroatoms. The summed E-state index contributed by atoms with van der Waals surface area (Å²) in [5.41, 5.74) is 0. The van der Waals surface area contributed by atoms with Crippen LogP contribution in [0.1, 0.15) is 214 Å². The van der Waals surface area contributed by atoms with Crippen molar-refractivity contribution in [2.75, 3.05) is 26.4 Å². The fraction of sp³-hybridized carbons (Fsp3) is 0.909. The predicted octanol–water partition coefficient (Wildman–Crippen LogP) is 11.1. The molecule has 3 unspecified atom stereocenters. The minimum Gasteiger partial charge on any atom is -0.466 e. The maximum atomic E-state index is 12.2. The molecule has 0 amide bonds. The van der Waals surface area contributed by atoms with E-state index in [0.29, 0.717) is 50.7 Å². The molecule has 53 heavy (non-hydrogen) atoms. The van der Waals surface area contributed by atoms with Crippen molar-refractivity contribution in [3.05, 3.63) is 0 Å². The second kappa shape index (κ2) is 38.1. The molecule has 0 aromatic heterocycles. The number of carbonyl (C=O) groups is 4. The smallest absolute Gasteiger partial charge is 0.335 e. The van der Waals surface area contributed by atoms with Gasteiger partial charge in [-0.25, -0.2) is 4.79 Å². The zero-order valence-corrected chi connectivity index (χ0v) is 34.8. The third kappa shape index (κ3) is 34.1. The average molecular weight is 755 g/mol. The van der Waals surface area contributed by atoms with E-state index in [4.69, 9.17) is 18.9 Å². The van der Waals surface area contributed by atoms with E-state index in [2.05, 4.69) is 27.7 Å². The number of hydrogen-bond acceptors (Lipinski definition) is 9. The molecular weight excluding hydrogens is 672 g/mol. The Morgan fingerprint density at radius 2 is 0.811 bits per heavy atom.